The first-order valence-electron chi connectivity index (χ1n) is 5.78. The first kappa shape index (κ1) is 14.7. The van der Waals surface area contributed by atoms with E-state index in [1.54, 1.807) is 31.2 Å². The third kappa shape index (κ3) is 3.31. The van der Waals surface area contributed by atoms with E-state index in [2.05, 4.69) is 6.07 Å². The summed E-state index contributed by atoms with van der Waals surface area (Å²) >= 11 is 0. The maximum Gasteiger partial charge on any atom is 0.178 e. The van der Waals surface area contributed by atoms with E-state index in [0.29, 0.717) is 11.3 Å². The Morgan fingerprint density at radius 1 is 1.28 bits per heavy atom. The third-order valence-electron chi connectivity index (χ3n) is 2.91. The van der Waals surface area contributed by atoms with E-state index in [1.165, 1.54) is 0 Å². The van der Waals surface area contributed by atoms with E-state index in [9.17, 15) is 8.42 Å². The molecule has 0 amide bonds. The van der Waals surface area contributed by atoms with E-state index in [4.69, 9.17) is 5.26 Å². The zero-order chi connectivity index (χ0) is 13.8. The van der Waals surface area contributed by atoms with Crippen LogP contribution < -0.4 is 0 Å². The van der Waals surface area contributed by atoms with Crippen LogP contribution in [0, 0.1) is 11.3 Å². The Labute approximate surface area is 109 Å². The van der Waals surface area contributed by atoms with Crippen molar-refractivity contribution in [2.75, 3.05) is 19.8 Å². The average molecular weight is 266 g/mol. The molecule has 0 bridgehead atoms. The lowest BCUT2D eigenvalue weighted by molar-refractivity contribution is 0.303. The fourth-order valence-corrected chi connectivity index (χ4v) is 2.63. The molecule has 0 aliphatic heterocycles. The minimum Gasteiger partial charge on any atom is -0.301 e. The number of nitriles is 1. The van der Waals surface area contributed by atoms with Crippen LogP contribution in [0.5, 0.6) is 0 Å². The van der Waals surface area contributed by atoms with Gasteiger partial charge in [0.25, 0.3) is 0 Å². The Kier molecular flexibility index (Phi) is 4.88. The SMILES string of the molecule is CCS(=O)(=O)c1ccc(C(CC#N)N(C)C)cc1. The smallest absolute Gasteiger partial charge is 0.178 e. The van der Waals surface area contributed by atoms with Gasteiger partial charge in [-0.2, -0.15) is 5.26 Å². The molecule has 0 aromatic heterocycles. The van der Waals surface area contributed by atoms with Gasteiger partial charge in [0.2, 0.25) is 0 Å². The number of nitrogens with zero attached hydrogens (tertiary/aromatic N) is 2. The van der Waals surface area contributed by atoms with Crippen LogP contribution in [0.2, 0.25) is 0 Å². The Bertz CT molecular complexity index is 527. The largest absolute Gasteiger partial charge is 0.301 e. The molecule has 18 heavy (non-hydrogen) atoms. The topological polar surface area (TPSA) is 61.2 Å². The molecule has 0 radical (unpaired) electrons. The molecule has 4 nitrogen and oxygen atoms in total. The normalized spacial score (nSPS) is 13.3. The summed E-state index contributed by atoms with van der Waals surface area (Å²) in [5.74, 6) is 0.0989. The highest BCUT2D eigenvalue weighted by molar-refractivity contribution is 7.91. The van der Waals surface area contributed by atoms with Crippen LogP contribution in [0.25, 0.3) is 0 Å². The summed E-state index contributed by atoms with van der Waals surface area (Å²) in [5.41, 5.74) is 0.955. The predicted molar refractivity (Wildman–Crippen MR) is 70.8 cm³/mol. The van der Waals surface area contributed by atoms with Gasteiger partial charge in [0.1, 0.15) is 0 Å². The first-order valence-corrected chi connectivity index (χ1v) is 7.43. The lowest BCUT2D eigenvalue weighted by atomic mass is 10.0. The van der Waals surface area contributed by atoms with Crippen molar-refractivity contribution in [1.82, 2.24) is 4.90 Å². The highest BCUT2D eigenvalue weighted by Gasteiger charge is 2.16. The third-order valence-corrected chi connectivity index (χ3v) is 4.66. The zero-order valence-electron chi connectivity index (χ0n) is 10.9. The molecule has 0 aliphatic carbocycles. The zero-order valence-corrected chi connectivity index (χ0v) is 11.7. The summed E-state index contributed by atoms with van der Waals surface area (Å²) in [7, 11) is 0.651. The molecule has 0 fully saturated rings. The lowest BCUT2D eigenvalue weighted by Gasteiger charge is -2.22. The fourth-order valence-electron chi connectivity index (χ4n) is 1.75. The van der Waals surface area contributed by atoms with Crippen LogP contribution in [-0.2, 0) is 9.84 Å². The Morgan fingerprint density at radius 3 is 2.22 bits per heavy atom. The Hall–Kier alpha value is -1.38. The number of hydrogen-bond donors (Lipinski definition) is 0. The van der Waals surface area contributed by atoms with E-state index in [0.717, 1.165) is 5.56 Å². The van der Waals surface area contributed by atoms with Gasteiger partial charge in [-0.05, 0) is 31.8 Å². The predicted octanol–water partition coefficient (Wildman–Crippen LogP) is 2.00. The molecular formula is C13H18N2O2S. The minimum absolute atomic E-state index is 0.00613. The molecule has 0 N–H and O–H groups in total. The molecule has 98 valence electrons. The molecule has 1 aromatic carbocycles. The van der Waals surface area contributed by atoms with Gasteiger partial charge in [0, 0.05) is 6.04 Å². The summed E-state index contributed by atoms with van der Waals surface area (Å²) in [6.45, 7) is 1.63. The summed E-state index contributed by atoms with van der Waals surface area (Å²) < 4.78 is 23.4. The second kappa shape index (κ2) is 5.98. The van der Waals surface area contributed by atoms with Gasteiger partial charge in [0.15, 0.2) is 9.84 Å². The van der Waals surface area contributed by atoms with Crippen molar-refractivity contribution < 1.29 is 8.42 Å². The minimum atomic E-state index is -3.15. The monoisotopic (exact) mass is 266 g/mol. The Morgan fingerprint density at radius 2 is 1.83 bits per heavy atom. The first-order chi connectivity index (χ1) is 8.42. The summed E-state index contributed by atoms with van der Waals surface area (Å²) in [6.07, 6.45) is 0.382. The second-order valence-electron chi connectivity index (χ2n) is 4.31. The standard InChI is InChI=1S/C13H18N2O2S/c1-4-18(16,17)12-7-5-11(6-8-12)13(9-10-14)15(2)3/h5-8,13H,4,9H2,1-3H3. The van der Waals surface area contributed by atoms with E-state index >= 15 is 0 Å². The average Bonchev–Trinajstić information content (AvgIpc) is 2.36. The molecule has 1 rings (SSSR count). The number of benzene rings is 1. The van der Waals surface area contributed by atoms with Gasteiger partial charge in [0.05, 0.1) is 23.1 Å². The van der Waals surface area contributed by atoms with E-state index < -0.39 is 9.84 Å². The van der Waals surface area contributed by atoms with Crippen molar-refractivity contribution in [2.24, 2.45) is 0 Å². The number of hydrogen-bond acceptors (Lipinski definition) is 4. The van der Waals surface area contributed by atoms with E-state index in [-0.39, 0.29) is 11.8 Å². The van der Waals surface area contributed by atoms with Crippen LogP contribution in [0.15, 0.2) is 29.2 Å². The summed E-state index contributed by atoms with van der Waals surface area (Å²) in [5, 5.41) is 8.80. The number of rotatable bonds is 5. The van der Waals surface area contributed by atoms with Crippen molar-refractivity contribution in [3.05, 3.63) is 29.8 Å². The fraction of sp³-hybridized carbons (Fsp3) is 0.462. The quantitative estimate of drug-likeness (QED) is 0.817. The van der Waals surface area contributed by atoms with Gasteiger partial charge in [-0.25, -0.2) is 8.42 Å². The number of sulfone groups is 1. The van der Waals surface area contributed by atoms with Crippen molar-refractivity contribution in [1.29, 1.82) is 5.26 Å². The molecule has 0 heterocycles. The van der Waals surface area contributed by atoms with Crippen molar-refractivity contribution in [3.63, 3.8) is 0 Å². The maximum atomic E-state index is 11.7. The van der Waals surface area contributed by atoms with Gasteiger partial charge in [-0.15, -0.1) is 0 Å². The second-order valence-corrected chi connectivity index (χ2v) is 6.59. The van der Waals surface area contributed by atoms with Crippen LogP contribution in [-0.4, -0.2) is 33.2 Å². The molecule has 0 saturated heterocycles. The Balaban J connectivity index is 3.06. The molecule has 1 unspecified atom stereocenters. The van der Waals surface area contributed by atoms with Crippen LogP contribution in [0.4, 0.5) is 0 Å². The van der Waals surface area contributed by atoms with Gasteiger partial charge < -0.3 is 4.90 Å². The summed E-state index contributed by atoms with van der Waals surface area (Å²) in [4.78, 5) is 2.29. The molecule has 1 atom stereocenters. The van der Waals surface area contributed by atoms with Crippen LogP contribution in [0.3, 0.4) is 0 Å². The van der Waals surface area contributed by atoms with E-state index in [1.807, 2.05) is 19.0 Å². The van der Waals surface area contributed by atoms with Crippen LogP contribution in [0.1, 0.15) is 24.9 Å². The van der Waals surface area contributed by atoms with Gasteiger partial charge in [-0.1, -0.05) is 19.1 Å². The van der Waals surface area contributed by atoms with Crippen molar-refractivity contribution in [3.8, 4) is 6.07 Å². The molecule has 1 aromatic rings. The molecule has 0 saturated carbocycles. The molecule has 0 aliphatic rings. The maximum absolute atomic E-state index is 11.7. The summed E-state index contributed by atoms with van der Waals surface area (Å²) in [6, 6.07) is 8.93. The van der Waals surface area contributed by atoms with Gasteiger partial charge in [-0.3, -0.25) is 0 Å². The molecular weight excluding hydrogens is 248 g/mol. The highest BCUT2D eigenvalue weighted by atomic mass is 32.2. The van der Waals surface area contributed by atoms with Crippen LogP contribution >= 0.6 is 0 Å². The lowest BCUT2D eigenvalue weighted by Crippen LogP contribution is -2.19. The highest BCUT2D eigenvalue weighted by Crippen LogP contribution is 2.23. The van der Waals surface area contributed by atoms with Gasteiger partial charge >= 0.3 is 0 Å². The van der Waals surface area contributed by atoms with Crippen molar-refractivity contribution in [2.45, 2.75) is 24.3 Å². The molecule has 5 heteroatoms. The molecule has 0 spiro atoms. The van der Waals surface area contributed by atoms with Crippen molar-refractivity contribution >= 4 is 9.84 Å².